The van der Waals surface area contributed by atoms with Crippen molar-refractivity contribution in [3.63, 3.8) is 0 Å². The summed E-state index contributed by atoms with van der Waals surface area (Å²) in [6.07, 6.45) is -0.151. The van der Waals surface area contributed by atoms with Gasteiger partial charge in [0.05, 0.1) is 13.2 Å². The second-order valence-corrected chi connectivity index (χ2v) is 6.34. The van der Waals surface area contributed by atoms with Crippen LogP contribution in [-0.4, -0.2) is 50.2 Å². The van der Waals surface area contributed by atoms with Gasteiger partial charge in [-0.15, -0.1) is 0 Å². The molecular formula is C22H28N2O2. The summed E-state index contributed by atoms with van der Waals surface area (Å²) < 4.78 is 12.0. The van der Waals surface area contributed by atoms with E-state index in [4.69, 9.17) is 14.5 Å². The molecule has 1 aliphatic heterocycles. The fourth-order valence-corrected chi connectivity index (χ4v) is 3.68. The van der Waals surface area contributed by atoms with Gasteiger partial charge in [0.1, 0.15) is 17.7 Å². The third-order valence-corrected chi connectivity index (χ3v) is 4.87. The van der Waals surface area contributed by atoms with Crippen molar-refractivity contribution in [3.8, 4) is 5.75 Å². The molecule has 0 aliphatic carbocycles. The molecule has 0 aromatic heterocycles. The molecule has 2 unspecified atom stereocenters. The zero-order valence-electron chi connectivity index (χ0n) is 15.9. The van der Waals surface area contributed by atoms with Crippen LogP contribution in [0.3, 0.4) is 0 Å². The Hall–Kier alpha value is -2.33. The molecule has 0 bridgehead atoms. The molecule has 0 fully saturated rings. The molecule has 3 rings (SSSR count). The van der Waals surface area contributed by atoms with Crippen LogP contribution in [0.25, 0.3) is 0 Å². The van der Waals surface area contributed by atoms with Crippen LogP contribution in [-0.2, 0) is 4.74 Å². The minimum absolute atomic E-state index is 0.0230. The fourth-order valence-electron chi connectivity index (χ4n) is 3.68. The van der Waals surface area contributed by atoms with Gasteiger partial charge in [-0.25, -0.2) is 0 Å². The lowest BCUT2D eigenvalue weighted by atomic mass is 9.85. The molecule has 2 aromatic carbocycles. The van der Waals surface area contributed by atoms with Gasteiger partial charge in [-0.05, 0) is 25.5 Å². The minimum Gasteiger partial charge on any atom is -0.494 e. The summed E-state index contributed by atoms with van der Waals surface area (Å²) >= 11 is 0. The molecule has 0 N–H and O–H groups in total. The van der Waals surface area contributed by atoms with Gasteiger partial charge < -0.3 is 14.4 Å². The van der Waals surface area contributed by atoms with Gasteiger partial charge in [0.2, 0.25) is 0 Å². The van der Waals surface area contributed by atoms with Crippen molar-refractivity contribution in [3.05, 3.63) is 65.7 Å². The van der Waals surface area contributed by atoms with Crippen LogP contribution in [0.4, 0.5) is 0 Å². The van der Waals surface area contributed by atoms with Gasteiger partial charge in [0.15, 0.2) is 0 Å². The van der Waals surface area contributed by atoms with E-state index in [9.17, 15) is 0 Å². The van der Waals surface area contributed by atoms with Crippen LogP contribution in [0.1, 0.15) is 30.9 Å². The largest absolute Gasteiger partial charge is 0.494 e. The second kappa shape index (κ2) is 8.86. The maximum Gasteiger partial charge on any atom is 0.130 e. The zero-order chi connectivity index (χ0) is 18.4. The Balaban J connectivity index is 2.10. The van der Waals surface area contributed by atoms with Crippen LogP contribution in [0.15, 0.2) is 59.6 Å². The third-order valence-electron chi connectivity index (χ3n) is 4.87. The molecule has 0 amide bonds. The first-order valence-electron chi connectivity index (χ1n) is 9.38. The molecule has 2 atom stereocenters. The summed E-state index contributed by atoms with van der Waals surface area (Å²) in [5, 5.41) is 0. The lowest BCUT2D eigenvalue weighted by Crippen LogP contribution is -2.41. The van der Waals surface area contributed by atoms with Gasteiger partial charge >= 0.3 is 0 Å². The number of rotatable bonds is 8. The van der Waals surface area contributed by atoms with Gasteiger partial charge in [-0.1, -0.05) is 48.5 Å². The molecule has 138 valence electrons. The number of methoxy groups -OCH3 is 1. The number of hydrogen-bond donors (Lipinski definition) is 0. The molecule has 0 radical (unpaired) electrons. The Bertz CT molecular complexity index is 730. The number of para-hydroxylation sites is 1. The van der Waals surface area contributed by atoms with Gasteiger partial charge in [-0.3, -0.25) is 4.99 Å². The number of likely N-dealkylation sites (N-methyl/N-ethyl adjacent to an activating group) is 1. The summed E-state index contributed by atoms with van der Waals surface area (Å²) in [5.41, 5.74) is 2.34. The van der Waals surface area contributed by atoms with Crippen molar-refractivity contribution in [2.75, 3.05) is 33.4 Å². The van der Waals surface area contributed by atoms with E-state index >= 15 is 0 Å². The third kappa shape index (κ3) is 3.75. The molecule has 0 saturated heterocycles. The molecule has 26 heavy (non-hydrogen) atoms. The van der Waals surface area contributed by atoms with Crippen LogP contribution in [0.2, 0.25) is 0 Å². The Morgan fingerprint density at radius 1 is 1.04 bits per heavy atom. The average Bonchev–Trinajstić information content (AvgIpc) is 3.16. The first-order valence-corrected chi connectivity index (χ1v) is 9.38. The topological polar surface area (TPSA) is 34.1 Å². The number of nitrogens with zero attached hydrogens (tertiary/aromatic N) is 2. The van der Waals surface area contributed by atoms with Crippen LogP contribution >= 0.6 is 0 Å². The molecule has 2 aromatic rings. The number of ether oxygens (including phenoxy) is 2. The van der Waals surface area contributed by atoms with Gasteiger partial charge in [0, 0.05) is 31.7 Å². The predicted molar refractivity (Wildman–Crippen MR) is 106 cm³/mol. The molecule has 0 spiro atoms. The first kappa shape index (κ1) is 18.5. The Morgan fingerprint density at radius 2 is 1.77 bits per heavy atom. The van der Waals surface area contributed by atoms with Crippen molar-refractivity contribution >= 4 is 5.84 Å². The van der Waals surface area contributed by atoms with E-state index in [1.807, 2.05) is 25.1 Å². The van der Waals surface area contributed by atoms with Gasteiger partial charge in [0.25, 0.3) is 0 Å². The zero-order valence-corrected chi connectivity index (χ0v) is 15.9. The van der Waals surface area contributed by atoms with E-state index in [1.165, 1.54) is 5.56 Å². The fraction of sp³-hybridized carbons (Fsp3) is 0.409. The van der Waals surface area contributed by atoms with E-state index in [2.05, 4.69) is 48.2 Å². The maximum atomic E-state index is 6.04. The summed E-state index contributed by atoms with van der Waals surface area (Å²) in [6.45, 7) is 7.55. The SMILES string of the molecule is CCOc1ccccc1C(c1ccccc1)C(OC)C1=NCCN1CC. The normalized spacial score (nSPS) is 16.3. The monoisotopic (exact) mass is 352 g/mol. The van der Waals surface area contributed by atoms with Gasteiger partial charge in [-0.2, -0.15) is 0 Å². The summed E-state index contributed by atoms with van der Waals surface area (Å²) in [4.78, 5) is 7.10. The van der Waals surface area contributed by atoms with Crippen molar-refractivity contribution in [2.24, 2.45) is 4.99 Å². The summed E-state index contributed by atoms with van der Waals surface area (Å²) in [5.74, 6) is 1.97. The lowest BCUT2D eigenvalue weighted by Gasteiger charge is -2.32. The first-order chi connectivity index (χ1) is 12.8. The van der Waals surface area contributed by atoms with Crippen molar-refractivity contribution in [1.82, 2.24) is 4.90 Å². The highest BCUT2D eigenvalue weighted by Crippen LogP contribution is 2.37. The van der Waals surface area contributed by atoms with E-state index in [0.717, 1.165) is 36.8 Å². The predicted octanol–water partition coefficient (Wildman–Crippen LogP) is 3.97. The highest BCUT2D eigenvalue weighted by atomic mass is 16.5. The highest BCUT2D eigenvalue weighted by Gasteiger charge is 2.35. The lowest BCUT2D eigenvalue weighted by molar-refractivity contribution is 0.131. The standard InChI is InChI=1S/C22H28N2O2/c1-4-24-16-15-23-22(24)21(25-3)20(17-11-7-6-8-12-17)18-13-9-10-14-19(18)26-5-2/h6-14,20-21H,4-5,15-16H2,1-3H3. The maximum absolute atomic E-state index is 6.04. The van der Waals surface area contributed by atoms with Crippen molar-refractivity contribution in [2.45, 2.75) is 25.9 Å². The molecule has 4 heteroatoms. The number of amidine groups is 1. The van der Waals surface area contributed by atoms with Crippen molar-refractivity contribution < 1.29 is 9.47 Å². The molecule has 4 nitrogen and oxygen atoms in total. The average molecular weight is 352 g/mol. The van der Waals surface area contributed by atoms with Crippen LogP contribution < -0.4 is 4.74 Å². The van der Waals surface area contributed by atoms with E-state index < -0.39 is 0 Å². The minimum atomic E-state index is -0.151. The molecule has 0 saturated carbocycles. The second-order valence-electron chi connectivity index (χ2n) is 6.34. The molecular weight excluding hydrogens is 324 g/mol. The smallest absolute Gasteiger partial charge is 0.130 e. The van der Waals surface area contributed by atoms with E-state index in [-0.39, 0.29) is 12.0 Å². The summed E-state index contributed by atoms with van der Waals surface area (Å²) in [6, 6.07) is 18.8. The van der Waals surface area contributed by atoms with E-state index in [1.54, 1.807) is 7.11 Å². The van der Waals surface area contributed by atoms with E-state index in [0.29, 0.717) is 6.61 Å². The Labute approximate surface area is 156 Å². The Kier molecular flexibility index (Phi) is 6.29. The number of aliphatic imine (C=N–C) groups is 1. The van der Waals surface area contributed by atoms with Crippen molar-refractivity contribution in [1.29, 1.82) is 0 Å². The number of hydrogen-bond acceptors (Lipinski definition) is 4. The summed E-state index contributed by atoms with van der Waals surface area (Å²) in [7, 11) is 1.78. The number of benzene rings is 2. The highest BCUT2D eigenvalue weighted by molar-refractivity contribution is 5.89. The quantitative estimate of drug-likeness (QED) is 0.721. The Morgan fingerprint density at radius 3 is 2.46 bits per heavy atom. The van der Waals surface area contributed by atoms with Crippen LogP contribution in [0, 0.1) is 0 Å². The molecule has 1 aliphatic rings. The van der Waals surface area contributed by atoms with Crippen LogP contribution in [0.5, 0.6) is 5.75 Å². The molecule has 1 heterocycles.